The Hall–Kier alpha value is -1.94. The molecule has 0 bridgehead atoms. The number of fused-ring (bicyclic) bond motifs is 1. The van der Waals surface area contributed by atoms with E-state index in [1.807, 2.05) is 18.2 Å². The monoisotopic (exact) mass is 274 g/mol. The van der Waals surface area contributed by atoms with Gasteiger partial charge in [0, 0.05) is 31.9 Å². The molecule has 0 saturated carbocycles. The lowest BCUT2D eigenvalue weighted by molar-refractivity contribution is 0.813. The normalized spacial score (nSPS) is 14.4. The van der Waals surface area contributed by atoms with E-state index in [0.29, 0.717) is 10.8 Å². The maximum atomic E-state index is 6.00. The fraction of sp³-hybridized carbons (Fsp3) is 0.214. The number of nitrogens with two attached hydrogens (primary N) is 1. The van der Waals surface area contributed by atoms with Gasteiger partial charge in [0.05, 0.1) is 11.4 Å². The van der Waals surface area contributed by atoms with Crippen molar-refractivity contribution in [1.29, 1.82) is 0 Å². The second-order valence-electron chi connectivity index (χ2n) is 4.64. The number of rotatable bonds is 1. The van der Waals surface area contributed by atoms with Crippen LogP contribution >= 0.6 is 11.6 Å². The summed E-state index contributed by atoms with van der Waals surface area (Å²) in [5, 5.41) is 0.423. The zero-order chi connectivity index (χ0) is 13.4. The summed E-state index contributed by atoms with van der Waals surface area (Å²) in [4.78, 5) is 8.76. The molecule has 0 atom stereocenters. The second-order valence-corrected chi connectivity index (χ2v) is 5.03. The predicted molar refractivity (Wildman–Crippen MR) is 80.4 cm³/mol. The summed E-state index contributed by atoms with van der Waals surface area (Å²) in [5.41, 5.74) is 8.80. The van der Waals surface area contributed by atoms with E-state index in [4.69, 9.17) is 17.3 Å². The second kappa shape index (κ2) is 4.63. The molecule has 19 heavy (non-hydrogen) atoms. The van der Waals surface area contributed by atoms with E-state index in [1.54, 1.807) is 6.07 Å². The minimum atomic E-state index is 0.423. The first-order valence-electron chi connectivity index (χ1n) is 6.16. The van der Waals surface area contributed by atoms with Gasteiger partial charge in [0.2, 0.25) is 0 Å². The molecule has 5 heteroatoms. The first kappa shape index (κ1) is 12.1. The van der Waals surface area contributed by atoms with Crippen LogP contribution in [0.15, 0.2) is 36.4 Å². The SMILES string of the molecule is CN1CCN(c2cc(N)cc(Cl)n2)c2ccccc21. The smallest absolute Gasteiger partial charge is 0.136 e. The molecular weight excluding hydrogens is 260 g/mol. The van der Waals surface area contributed by atoms with Crippen molar-refractivity contribution in [3.05, 3.63) is 41.6 Å². The molecule has 1 aromatic heterocycles. The largest absolute Gasteiger partial charge is 0.399 e. The summed E-state index contributed by atoms with van der Waals surface area (Å²) >= 11 is 6.00. The molecule has 2 heterocycles. The van der Waals surface area contributed by atoms with E-state index in [1.165, 1.54) is 5.69 Å². The van der Waals surface area contributed by atoms with Crippen molar-refractivity contribution in [2.75, 3.05) is 35.7 Å². The van der Waals surface area contributed by atoms with Crippen LogP contribution in [0.1, 0.15) is 0 Å². The topological polar surface area (TPSA) is 45.4 Å². The molecule has 0 spiro atoms. The van der Waals surface area contributed by atoms with Crippen LogP contribution in [0.5, 0.6) is 0 Å². The number of para-hydroxylation sites is 2. The summed E-state index contributed by atoms with van der Waals surface area (Å²) < 4.78 is 0. The van der Waals surface area contributed by atoms with Gasteiger partial charge in [-0.1, -0.05) is 23.7 Å². The van der Waals surface area contributed by atoms with Crippen LogP contribution in [-0.4, -0.2) is 25.1 Å². The van der Waals surface area contributed by atoms with Gasteiger partial charge in [0.1, 0.15) is 11.0 Å². The average Bonchev–Trinajstić information content (AvgIpc) is 2.38. The van der Waals surface area contributed by atoms with Crippen molar-refractivity contribution < 1.29 is 0 Å². The number of halogens is 1. The summed E-state index contributed by atoms with van der Waals surface area (Å²) in [6.07, 6.45) is 0. The van der Waals surface area contributed by atoms with Crippen molar-refractivity contribution in [2.24, 2.45) is 0 Å². The van der Waals surface area contributed by atoms with Crippen LogP contribution in [0.3, 0.4) is 0 Å². The first-order chi connectivity index (χ1) is 9.15. The lowest BCUT2D eigenvalue weighted by Gasteiger charge is -2.36. The Morgan fingerprint density at radius 1 is 1.16 bits per heavy atom. The fourth-order valence-corrected chi connectivity index (χ4v) is 2.60. The molecule has 0 aliphatic carbocycles. The van der Waals surface area contributed by atoms with E-state index >= 15 is 0 Å². The van der Waals surface area contributed by atoms with Crippen LogP contribution in [0.2, 0.25) is 5.15 Å². The van der Waals surface area contributed by atoms with E-state index < -0.39 is 0 Å². The highest BCUT2D eigenvalue weighted by molar-refractivity contribution is 6.29. The van der Waals surface area contributed by atoms with Crippen LogP contribution in [-0.2, 0) is 0 Å². The highest BCUT2D eigenvalue weighted by Crippen LogP contribution is 2.36. The Morgan fingerprint density at radius 3 is 2.63 bits per heavy atom. The number of nitrogens with zero attached hydrogens (tertiary/aromatic N) is 3. The number of hydrogen-bond donors (Lipinski definition) is 1. The van der Waals surface area contributed by atoms with Gasteiger partial charge in [-0.3, -0.25) is 0 Å². The third-order valence-electron chi connectivity index (χ3n) is 3.32. The van der Waals surface area contributed by atoms with Gasteiger partial charge in [-0.25, -0.2) is 4.98 Å². The molecule has 2 N–H and O–H groups in total. The number of anilines is 4. The molecule has 0 fully saturated rings. The van der Waals surface area contributed by atoms with Crippen molar-refractivity contribution in [1.82, 2.24) is 4.98 Å². The molecule has 2 aromatic rings. The Labute approximate surface area is 117 Å². The number of pyridine rings is 1. The van der Waals surface area contributed by atoms with Crippen LogP contribution in [0.25, 0.3) is 0 Å². The molecule has 0 radical (unpaired) electrons. The third-order valence-corrected chi connectivity index (χ3v) is 3.52. The molecule has 0 saturated heterocycles. The van der Waals surface area contributed by atoms with Gasteiger partial charge < -0.3 is 15.5 Å². The van der Waals surface area contributed by atoms with E-state index in [9.17, 15) is 0 Å². The summed E-state index contributed by atoms with van der Waals surface area (Å²) in [5.74, 6) is 0.797. The van der Waals surface area contributed by atoms with Crippen LogP contribution in [0, 0.1) is 0 Å². The van der Waals surface area contributed by atoms with Crippen molar-refractivity contribution in [3.63, 3.8) is 0 Å². The Kier molecular flexibility index (Phi) is 2.95. The lowest BCUT2D eigenvalue weighted by Crippen LogP contribution is -2.36. The molecule has 0 unspecified atom stereocenters. The Morgan fingerprint density at radius 2 is 1.89 bits per heavy atom. The molecule has 1 aliphatic rings. The molecule has 98 valence electrons. The Balaban J connectivity index is 2.09. The quantitative estimate of drug-likeness (QED) is 0.812. The summed E-state index contributed by atoms with van der Waals surface area (Å²) in [7, 11) is 2.09. The maximum absolute atomic E-state index is 6.00. The maximum Gasteiger partial charge on any atom is 0.136 e. The molecule has 1 aliphatic heterocycles. The predicted octanol–water partition coefficient (Wildman–Crippen LogP) is 2.91. The van der Waals surface area contributed by atoms with Crippen molar-refractivity contribution in [3.8, 4) is 0 Å². The van der Waals surface area contributed by atoms with Crippen molar-refractivity contribution in [2.45, 2.75) is 0 Å². The lowest BCUT2D eigenvalue weighted by atomic mass is 10.1. The van der Waals surface area contributed by atoms with Crippen LogP contribution in [0.4, 0.5) is 22.9 Å². The zero-order valence-corrected chi connectivity index (χ0v) is 11.4. The number of nitrogen functional groups attached to an aromatic ring is 1. The van der Waals surface area contributed by atoms with Crippen molar-refractivity contribution >= 4 is 34.5 Å². The minimum absolute atomic E-state index is 0.423. The van der Waals surface area contributed by atoms with E-state index in [-0.39, 0.29) is 0 Å². The zero-order valence-electron chi connectivity index (χ0n) is 10.7. The third kappa shape index (κ3) is 2.19. The molecule has 4 nitrogen and oxygen atoms in total. The van der Waals surface area contributed by atoms with Gasteiger partial charge in [0.25, 0.3) is 0 Å². The average molecular weight is 275 g/mol. The van der Waals surface area contributed by atoms with Gasteiger partial charge in [-0.2, -0.15) is 0 Å². The highest BCUT2D eigenvalue weighted by Gasteiger charge is 2.22. The fourth-order valence-electron chi connectivity index (χ4n) is 2.38. The Bertz CT molecular complexity index is 594. The number of likely N-dealkylation sites (N-methyl/N-ethyl adjacent to an activating group) is 1. The summed E-state index contributed by atoms with van der Waals surface area (Å²) in [6.45, 7) is 1.80. The molecular formula is C14H15ClN4. The van der Waals surface area contributed by atoms with Gasteiger partial charge >= 0.3 is 0 Å². The van der Waals surface area contributed by atoms with Gasteiger partial charge in [-0.15, -0.1) is 0 Å². The van der Waals surface area contributed by atoms with E-state index in [0.717, 1.165) is 24.6 Å². The van der Waals surface area contributed by atoms with Gasteiger partial charge in [0.15, 0.2) is 0 Å². The number of aromatic nitrogens is 1. The molecule has 0 amide bonds. The van der Waals surface area contributed by atoms with E-state index in [2.05, 4.69) is 34.0 Å². The molecule has 1 aromatic carbocycles. The highest BCUT2D eigenvalue weighted by atomic mass is 35.5. The minimum Gasteiger partial charge on any atom is -0.399 e. The van der Waals surface area contributed by atoms with Crippen LogP contribution < -0.4 is 15.5 Å². The summed E-state index contributed by atoms with van der Waals surface area (Å²) in [6, 6.07) is 11.8. The molecule has 3 rings (SSSR count). The standard InChI is InChI=1S/C14H15ClN4/c1-18-6-7-19(12-5-3-2-4-11(12)18)14-9-10(16)8-13(15)17-14/h2-5,8-9H,6-7H2,1H3,(H2,16,17). The van der Waals surface area contributed by atoms with Gasteiger partial charge in [-0.05, 0) is 18.2 Å². The first-order valence-corrected chi connectivity index (χ1v) is 6.54. The number of benzene rings is 1. The number of hydrogen-bond acceptors (Lipinski definition) is 4.